The van der Waals surface area contributed by atoms with Crippen molar-refractivity contribution in [3.05, 3.63) is 0 Å². The number of hydrogen-bond acceptors (Lipinski definition) is 4. The van der Waals surface area contributed by atoms with Crippen LogP contribution in [0.4, 0.5) is 4.79 Å². The highest BCUT2D eigenvalue weighted by atomic mass is 32.2. The number of imide groups is 1. The lowest BCUT2D eigenvalue weighted by molar-refractivity contribution is -0.138. The van der Waals surface area contributed by atoms with Crippen LogP contribution in [-0.4, -0.2) is 40.1 Å². The van der Waals surface area contributed by atoms with Gasteiger partial charge in [-0.05, 0) is 30.9 Å². The Morgan fingerprint density at radius 1 is 1.29 bits per heavy atom. The lowest BCUT2D eigenvalue weighted by Crippen LogP contribution is -2.44. The molecule has 1 fully saturated rings. The quantitative estimate of drug-likeness (QED) is 0.667. The molecular formula is C14H24N2O4S. The molecule has 1 aliphatic rings. The standard InChI is InChI=1S/C14H24N2O4S/c1-3-21-11-5-4-10(8-11)15-14(20)16-12(17)6-9(2)7-13(18)19/h9-11H,3-8H2,1-2H3,(H,18,19)(H2,15,16,17,20). The number of nitrogens with one attached hydrogen (secondary N) is 2. The van der Waals surface area contributed by atoms with E-state index in [4.69, 9.17) is 5.11 Å². The predicted octanol–water partition coefficient (Wildman–Crippen LogP) is 1.99. The lowest BCUT2D eigenvalue weighted by atomic mass is 10.0. The van der Waals surface area contributed by atoms with E-state index in [1.54, 1.807) is 6.92 Å². The molecule has 21 heavy (non-hydrogen) atoms. The van der Waals surface area contributed by atoms with Crippen LogP contribution in [-0.2, 0) is 9.59 Å². The second-order valence-electron chi connectivity index (χ2n) is 5.52. The van der Waals surface area contributed by atoms with Gasteiger partial charge >= 0.3 is 12.0 Å². The Morgan fingerprint density at radius 2 is 2.00 bits per heavy atom. The van der Waals surface area contributed by atoms with E-state index in [0.29, 0.717) is 5.25 Å². The van der Waals surface area contributed by atoms with E-state index < -0.39 is 17.9 Å². The van der Waals surface area contributed by atoms with Gasteiger partial charge < -0.3 is 10.4 Å². The van der Waals surface area contributed by atoms with E-state index in [2.05, 4.69) is 17.6 Å². The third kappa shape index (κ3) is 7.36. The highest BCUT2D eigenvalue weighted by Crippen LogP contribution is 2.29. The summed E-state index contributed by atoms with van der Waals surface area (Å²) >= 11 is 1.90. The summed E-state index contributed by atoms with van der Waals surface area (Å²) in [6.45, 7) is 3.80. The van der Waals surface area contributed by atoms with Crippen molar-refractivity contribution in [1.82, 2.24) is 10.6 Å². The van der Waals surface area contributed by atoms with Gasteiger partial charge in [0.25, 0.3) is 0 Å². The molecule has 0 aromatic carbocycles. The van der Waals surface area contributed by atoms with E-state index in [-0.39, 0.29) is 24.8 Å². The van der Waals surface area contributed by atoms with Gasteiger partial charge in [-0.2, -0.15) is 11.8 Å². The molecule has 3 unspecified atom stereocenters. The molecule has 0 saturated heterocycles. The summed E-state index contributed by atoms with van der Waals surface area (Å²) in [5, 5.41) is 14.3. The molecule has 0 aromatic heterocycles. The van der Waals surface area contributed by atoms with Crippen molar-refractivity contribution in [3.8, 4) is 0 Å². The van der Waals surface area contributed by atoms with Crippen LogP contribution < -0.4 is 10.6 Å². The molecule has 3 atom stereocenters. The Labute approximate surface area is 129 Å². The number of thioether (sulfide) groups is 1. The Bertz CT molecular complexity index is 389. The van der Waals surface area contributed by atoms with Gasteiger partial charge in [-0.1, -0.05) is 13.8 Å². The Balaban J connectivity index is 2.24. The Morgan fingerprint density at radius 3 is 2.62 bits per heavy atom. The molecule has 7 heteroatoms. The minimum absolute atomic E-state index is 0.0404. The molecule has 120 valence electrons. The van der Waals surface area contributed by atoms with E-state index >= 15 is 0 Å². The zero-order valence-corrected chi connectivity index (χ0v) is 13.4. The summed E-state index contributed by atoms with van der Waals surface area (Å²) in [7, 11) is 0. The maximum atomic E-state index is 11.7. The zero-order chi connectivity index (χ0) is 15.8. The molecular weight excluding hydrogens is 292 g/mol. The van der Waals surface area contributed by atoms with Crippen LogP contribution in [0.15, 0.2) is 0 Å². The van der Waals surface area contributed by atoms with Crippen LogP contribution in [0.25, 0.3) is 0 Å². The summed E-state index contributed by atoms with van der Waals surface area (Å²) < 4.78 is 0. The molecule has 3 N–H and O–H groups in total. The van der Waals surface area contributed by atoms with Gasteiger partial charge in [0.2, 0.25) is 5.91 Å². The van der Waals surface area contributed by atoms with Crippen molar-refractivity contribution < 1.29 is 19.5 Å². The second-order valence-corrected chi connectivity index (χ2v) is 7.09. The van der Waals surface area contributed by atoms with Crippen molar-refractivity contribution in [1.29, 1.82) is 0 Å². The second kappa shape index (κ2) is 8.92. The van der Waals surface area contributed by atoms with E-state index in [1.165, 1.54) is 0 Å². The smallest absolute Gasteiger partial charge is 0.321 e. The molecule has 1 saturated carbocycles. The molecule has 0 heterocycles. The fraction of sp³-hybridized carbons (Fsp3) is 0.786. The SMILES string of the molecule is CCSC1CCC(NC(=O)NC(=O)CC(C)CC(=O)O)C1. The summed E-state index contributed by atoms with van der Waals surface area (Å²) in [6, 6.07) is -0.354. The summed E-state index contributed by atoms with van der Waals surface area (Å²) in [4.78, 5) is 33.8. The third-order valence-electron chi connectivity index (χ3n) is 3.43. The number of carboxylic acids is 1. The minimum atomic E-state index is -0.940. The first kappa shape index (κ1) is 17.8. The molecule has 0 spiro atoms. The topological polar surface area (TPSA) is 95.5 Å². The minimum Gasteiger partial charge on any atom is -0.481 e. The van der Waals surface area contributed by atoms with Gasteiger partial charge in [0.1, 0.15) is 0 Å². The number of carbonyl (C=O) groups excluding carboxylic acids is 2. The fourth-order valence-electron chi connectivity index (χ4n) is 2.54. The first-order valence-electron chi connectivity index (χ1n) is 7.34. The normalized spacial score (nSPS) is 22.6. The van der Waals surface area contributed by atoms with Gasteiger partial charge in [-0.3, -0.25) is 14.9 Å². The predicted molar refractivity (Wildman–Crippen MR) is 82.3 cm³/mol. The van der Waals surface area contributed by atoms with Crippen LogP contribution in [0.1, 0.15) is 46.0 Å². The Kier molecular flexibility index (Phi) is 7.56. The highest BCUT2D eigenvalue weighted by Gasteiger charge is 2.26. The first-order valence-corrected chi connectivity index (χ1v) is 8.39. The highest BCUT2D eigenvalue weighted by molar-refractivity contribution is 7.99. The maximum Gasteiger partial charge on any atom is 0.321 e. The molecule has 0 radical (unpaired) electrons. The van der Waals surface area contributed by atoms with Gasteiger partial charge in [0.05, 0.1) is 0 Å². The van der Waals surface area contributed by atoms with Crippen molar-refractivity contribution in [2.45, 2.75) is 57.2 Å². The fourth-order valence-corrected chi connectivity index (χ4v) is 3.69. The Hall–Kier alpha value is -1.24. The van der Waals surface area contributed by atoms with Crippen molar-refractivity contribution in [3.63, 3.8) is 0 Å². The van der Waals surface area contributed by atoms with Gasteiger partial charge in [0, 0.05) is 24.1 Å². The molecule has 3 amide bonds. The van der Waals surface area contributed by atoms with Crippen LogP contribution in [0.2, 0.25) is 0 Å². The molecule has 1 aliphatic carbocycles. The maximum absolute atomic E-state index is 11.7. The zero-order valence-electron chi connectivity index (χ0n) is 12.6. The number of carboxylic acid groups (broad SMARTS) is 1. The van der Waals surface area contributed by atoms with E-state index in [0.717, 1.165) is 25.0 Å². The van der Waals surface area contributed by atoms with Crippen LogP contribution >= 0.6 is 11.8 Å². The van der Waals surface area contributed by atoms with Crippen molar-refractivity contribution in [2.75, 3.05) is 5.75 Å². The number of carbonyl (C=O) groups is 3. The molecule has 6 nitrogen and oxygen atoms in total. The van der Waals surface area contributed by atoms with Crippen LogP contribution in [0.3, 0.4) is 0 Å². The average molecular weight is 316 g/mol. The van der Waals surface area contributed by atoms with Crippen LogP contribution in [0, 0.1) is 5.92 Å². The number of aliphatic carboxylic acids is 1. The largest absolute Gasteiger partial charge is 0.481 e. The summed E-state index contributed by atoms with van der Waals surface area (Å²) in [5.74, 6) is -0.584. The number of urea groups is 1. The van der Waals surface area contributed by atoms with Crippen molar-refractivity contribution >= 4 is 29.7 Å². The number of rotatable bonds is 7. The lowest BCUT2D eigenvalue weighted by Gasteiger charge is -2.14. The molecule has 1 rings (SSSR count). The first-order chi connectivity index (χ1) is 9.90. The van der Waals surface area contributed by atoms with Gasteiger partial charge in [0.15, 0.2) is 0 Å². The van der Waals surface area contributed by atoms with Gasteiger partial charge in [-0.25, -0.2) is 4.79 Å². The number of amides is 3. The summed E-state index contributed by atoms with van der Waals surface area (Å²) in [6.07, 6.45) is 2.93. The summed E-state index contributed by atoms with van der Waals surface area (Å²) in [5.41, 5.74) is 0. The number of hydrogen-bond donors (Lipinski definition) is 3. The van der Waals surface area contributed by atoms with Crippen molar-refractivity contribution in [2.24, 2.45) is 5.92 Å². The van der Waals surface area contributed by atoms with E-state index in [9.17, 15) is 14.4 Å². The van der Waals surface area contributed by atoms with E-state index in [1.807, 2.05) is 11.8 Å². The van der Waals surface area contributed by atoms with Crippen LogP contribution in [0.5, 0.6) is 0 Å². The third-order valence-corrected chi connectivity index (χ3v) is 4.66. The molecule has 0 aromatic rings. The monoisotopic (exact) mass is 316 g/mol. The average Bonchev–Trinajstić information content (AvgIpc) is 2.74. The molecule has 0 aliphatic heterocycles. The van der Waals surface area contributed by atoms with Gasteiger partial charge in [-0.15, -0.1) is 0 Å². The molecule has 0 bridgehead atoms.